The Labute approximate surface area is 94.4 Å². The Morgan fingerprint density at radius 3 is 2.13 bits per heavy atom. The summed E-state index contributed by atoms with van der Waals surface area (Å²) in [5.41, 5.74) is 2.33. The summed E-state index contributed by atoms with van der Waals surface area (Å²) in [6, 6.07) is 1.56. The zero-order valence-electron chi connectivity index (χ0n) is 9.09. The van der Waals surface area contributed by atoms with Crippen LogP contribution in [0.4, 0.5) is 0 Å². The molecule has 3 nitrogen and oxygen atoms in total. The normalized spacial score (nSPS) is 11.5. The van der Waals surface area contributed by atoms with Crippen molar-refractivity contribution in [3.63, 3.8) is 0 Å². The fourth-order valence-electron chi connectivity index (χ4n) is 1.54. The van der Waals surface area contributed by atoms with Crippen molar-refractivity contribution in [2.75, 3.05) is 7.11 Å². The zero-order valence-corrected chi connectivity index (χ0v) is 10.7. The van der Waals surface area contributed by atoms with Gasteiger partial charge in [0.05, 0.1) is 12.0 Å². The summed E-state index contributed by atoms with van der Waals surface area (Å²) < 4.78 is 27.8. The largest absolute Gasteiger partial charge is 0.496 e. The molecule has 15 heavy (non-hydrogen) atoms. The van der Waals surface area contributed by atoms with Gasteiger partial charge in [0.1, 0.15) is 5.75 Å². The molecule has 0 amide bonds. The Morgan fingerprint density at radius 1 is 1.20 bits per heavy atom. The second-order valence-corrected chi connectivity index (χ2v) is 5.95. The van der Waals surface area contributed by atoms with E-state index in [0.29, 0.717) is 11.3 Å². The Bertz CT molecular complexity index is 492. The maximum Gasteiger partial charge on any atom is 0.261 e. The van der Waals surface area contributed by atoms with Gasteiger partial charge in [0.2, 0.25) is 0 Å². The quantitative estimate of drug-likeness (QED) is 0.756. The van der Waals surface area contributed by atoms with E-state index in [-0.39, 0.29) is 4.90 Å². The molecule has 0 radical (unpaired) electrons. The van der Waals surface area contributed by atoms with Gasteiger partial charge < -0.3 is 4.74 Å². The minimum atomic E-state index is -3.71. The summed E-state index contributed by atoms with van der Waals surface area (Å²) in [4.78, 5) is 0.115. The summed E-state index contributed by atoms with van der Waals surface area (Å²) >= 11 is 0. The van der Waals surface area contributed by atoms with Crippen LogP contribution in [0.15, 0.2) is 11.0 Å². The molecule has 0 aliphatic rings. The van der Waals surface area contributed by atoms with E-state index in [2.05, 4.69) is 0 Å². The fourth-order valence-corrected chi connectivity index (χ4v) is 2.80. The highest BCUT2D eigenvalue weighted by Crippen LogP contribution is 2.32. The molecule has 0 aromatic heterocycles. The summed E-state index contributed by atoms with van der Waals surface area (Å²) in [6.07, 6.45) is 0. The van der Waals surface area contributed by atoms with E-state index in [1.807, 2.05) is 13.8 Å². The third kappa shape index (κ3) is 2.26. The van der Waals surface area contributed by atoms with Gasteiger partial charge in [-0.05, 0) is 38.0 Å². The van der Waals surface area contributed by atoms with Crippen LogP contribution in [-0.2, 0) is 9.05 Å². The summed E-state index contributed by atoms with van der Waals surface area (Å²) in [5, 5.41) is 0. The van der Waals surface area contributed by atoms with Crippen LogP contribution in [0.25, 0.3) is 0 Å². The number of rotatable bonds is 2. The third-order valence-corrected chi connectivity index (χ3v) is 3.90. The molecular weight excluding hydrogens is 236 g/mol. The molecule has 0 saturated carbocycles. The SMILES string of the molecule is COc1c(C)c(C)cc(S(=O)(=O)Cl)c1C. The lowest BCUT2D eigenvalue weighted by Gasteiger charge is -2.13. The lowest BCUT2D eigenvalue weighted by Crippen LogP contribution is -2.01. The second kappa shape index (κ2) is 4.02. The van der Waals surface area contributed by atoms with Crippen molar-refractivity contribution in [1.29, 1.82) is 0 Å². The molecule has 1 aromatic rings. The molecule has 0 aliphatic carbocycles. The number of halogens is 1. The Balaban J connectivity index is 3.66. The van der Waals surface area contributed by atoms with E-state index in [9.17, 15) is 8.42 Å². The molecule has 0 N–H and O–H groups in total. The second-order valence-electron chi connectivity index (χ2n) is 3.41. The predicted octanol–water partition coefficient (Wildman–Crippen LogP) is 2.55. The average molecular weight is 249 g/mol. The van der Waals surface area contributed by atoms with Crippen molar-refractivity contribution < 1.29 is 13.2 Å². The number of methoxy groups -OCH3 is 1. The first-order chi connectivity index (χ1) is 6.79. The van der Waals surface area contributed by atoms with E-state index in [1.54, 1.807) is 13.0 Å². The van der Waals surface area contributed by atoms with E-state index < -0.39 is 9.05 Å². The van der Waals surface area contributed by atoms with Crippen LogP contribution in [0.5, 0.6) is 5.75 Å². The summed E-state index contributed by atoms with van der Waals surface area (Å²) in [6.45, 7) is 5.38. The monoisotopic (exact) mass is 248 g/mol. The van der Waals surface area contributed by atoms with E-state index in [0.717, 1.165) is 11.1 Å². The average Bonchev–Trinajstić information content (AvgIpc) is 2.10. The minimum absolute atomic E-state index is 0.115. The van der Waals surface area contributed by atoms with Crippen LogP contribution in [0, 0.1) is 20.8 Å². The molecule has 0 saturated heterocycles. The summed E-state index contributed by atoms with van der Waals surface area (Å²) in [7, 11) is 3.13. The van der Waals surface area contributed by atoms with Crippen molar-refractivity contribution in [3.8, 4) is 5.75 Å². The van der Waals surface area contributed by atoms with Crippen LogP contribution < -0.4 is 4.74 Å². The first-order valence-electron chi connectivity index (χ1n) is 4.38. The first kappa shape index (κ1) is 12.3. The Morgan fingerprint density at radius 2 is 1.73 bits per heavy atom. The molecule has 5 heteroatoms. The molecule has 0 unspecified atom stereocenters. The zero-order chi connectivity index (χ0) is 11.8. The van der Waals surface area contributed by atoms with E-state index >= 15 is 0 Å². The maximum atomic E-state index is 11.3. The molecule has 0 bridgehead atoms. The van der Waals surface area contributed by atoms with Crippen molar-refractivity contribution in [2.45, 2.75) is 25.7 Å². The first-order valence-corrected chi connectivity index (χ1v) is 6.69. The van der Waals surface area contributed by atoms with Gasteiger partial charge in [-0.15, -0.1) is 0 Å². The molecule has 1 rings (SSSR count). The van der Waals surface area contributed by atoms with E-state index in [1.165, 1.54) is 7.11 Å². The number of benzene rings is 1. The lowest BCUT2D eigenvalue weighted by atomic mass is 10.1. The Kier molecular flexibility index (Phi) is 3.31. The lowest BCUT2D eigenvalue weighted by molar-refractivity contribution is 0.406. The number of hydrogen-bond donors (Lipinski definition) is 0. The van der Waals surface area contributed by atoms with Gasteiger partial charge >= 0.3 is 0 Å². The van der Waals surface area contributed by atoms with Gasteiger partial charge in [-0.1, -0.05) is 0 Å². The highest BCUT2D eigenvalue weighted by atomic mass is 35.7. The molecule has 0 fully saturated rings. The fraction of sp³-hybridized carbons (Fsp3) is 0.400. The van der Waals surface area contributed by atoms with Crippen LogP contribution in [0.1, 0.15) is 16.7 Å². The van der Waals surface area contributed by atoms with Gasteiger partial charge in [-0.3, -0.25) is 0 Å². The number of ether oxygens (including phenoxy) is 1. The number of aryl methyl sites for hydroxylation is 1. The predicted molar refractivity (Wildman–Crippen MR) is 60.2 cm³/mol. The number of hydrogen-bond acceptors (Lipinski definition) is 3. The van der Waals surface area contributed by atoms with Crippen LogP contribution in [0.3, 0.4) is 0 Å². The highest BCUT2D eigenvalue weighted by molar-refractivity contribution is 8.13. The Hall–Kier alpha value is -0.740. The van der Waals surface area contributed by atoms with Crippen molar-refractivity contribution >= 4 is 19.7 Å². The van der Waals surface area contributed by atoms with Crippen LogP contribution in [0.2, 0.25) is 0 Å². The highest BCUT2D eigenvalue weighted by Gasteiger charge is 2.19. The van der Waals surface area contributed by atoms with E-state index in [4.69, 9.17) is 15.4 Å². The van der Waals surface area contributed by atoms with Crippen LogP contribution >= 0.6 is 10.7 Å². The van der Waals surface area contributed by atoms with Crippen molar-refractivity contribution in [1.82, 2.24) is 0 Å². The molecule has 0 atom stereocenters. The summed E-state index contributed by atoms with van der Waals surface area (Å²) in [5.74, 6) is 0.578. The van der Waals surface area contributed by atoms with Gasteiger partial charge in [-0.25, -0.2) is 8.42 Å². The van der Waals surface area contributed by atoms with Gasteiger partial charge in [-0.2, -0.15) is 0 Å². The van der Waals surface area contributed by atoms with Crippen LogP contribution in [-0.4, -0.2) is 15.5 Å². The molecule has 0 heterocycles. The molecule has 0 aliphatic heterocycles. The molecular formula is C10H13ClO3S. The van der Waals surface area contributed by atoms with Gasteiger partial charge in [0, 0.05) is 16.2 Å². The minimum Gasteiger partial charge on any atom is -0.496 e. The third-order valence-electron chi connectivity index (χ3n) is 2.46. The standard InChI is InChI=1S/C10H13ClO3S/c1-6-5-9(15(11,12)13)8(3)10(14-4)7(6)2/h5H,1-4H3. The van der Waals surface area contributed by atoms with Gasteiger partial charge in [0.25, 0.3) is 9.05 Å². The smallest absolute Gasteiger partial charge is 0.261 e. The molecule has 1 aromatic carbocycles. The molecule has 84 valence electrons. The topological polar surface area (TPSA) is 43.4 Å². The van der Waals surface area contributed by atoms with Crippen molar-refractivity contribution in [3.05, 3.63) is 22.8 Å². The maximum absolute atomic E-state index is 11.3. The van der Waals surface area contributed by atoms with Gasteiger partial charge in [0.15, 0.2) is 0 Å². The van der Waals surface area contributed by atoms with Crippen molar-refractivity contribution in [2.24, 2.45) is 0 Å². The molecule has 0 spiro atoms.